The zero-order valence-corrected chi connectivity index (χ0v) is 14.4. The lowest BCUT2D eigenvalue weighted by Crippen LogP contribution is -2.48. The maximum Gasteiger partial charge on any atom is 0.226 e. The van der Waals surface area contributed by atoms with Gasteiger partial charge in [-0.15, -0.1) is 0 Å². The highest BCUT2D eigenvalue weighted by molar-refractivity contribution is 6.42. The second kappa shape index (κ2) is 5.70. The van der Waals surface area contributed by atoms with E-state index in [4.69, 9.17) is 23.2 Å². The van der Waals surface area contributed by atoms with Crippen molar-refractivity contribution < 1.29 is 9.90 Å². The molecule has 0 spiro atoms. The molecule has 1 aromatic carbocycles. The second-order valence-electron chi connectivity index (χ2n) is 6.97. The standard InChI is InChI=1S/C17H21Cl2NO2/c1-17(2,22)15-4-3-7-20(15)16(21)12-9-11(12)10-5-6-13(18)14(19)8-10/h5-6,8,11-12,15,22H,3-4,7,9H2,1-2H3. The fourth-order valence-corrected chi connectivity index (χ4v) is 3.86. The first-order valence-corrected chi connectivity index (χ1v) is 8.52. The summed E-state index contributed by atoms with van der Waals surface area (Å²) in [5.74, 6) is 0.409. The Labute approximate surface area is 141 Å². The summed E-state index contributed by atoms with van der Waals surface area (Å²) in [6.45, 7) is 4.32. The average Bonchev–Trinajstić information content (AvgIpc) is 3.06. The quantitative estimate of drug-likeness (QED) is 0.906. The molecule has 1 aliphatic heterocycles. The van der Waals surface area contributed by atoms with Crippen molar-refractivity contribution in [2.75, 3.05) is 6.54 Å². The molecule has 120 valence electrons. The summed E-state index contributed by atoms with van der Waals surface area (Å²) in [5.41, 5.74) is 0.229. The Morgan fingerprint density at radius 3 is 2.68 bits per heavy atom. The van der Waals surface area contributed by atoms with Gasteiger partial charge in [0.05, 0.1) is 21.7 Å². The lowest BCUT2D eigenvalue weighted by atomic mass is 9.96. The molecule has 5 heteroatoms. The molecule has 2 fully saturated rings. The van der Waals surface area contributed by atoms with Crippen molar-refractivity contribution in [1.82, 2.24) is 4.90 Å². The van der Waals surface area contributed by atoms with Crippen molar-refractivity contribution in [3.8, 4) is 0 Å². The minimum Gasteiger partial charge on any atom is -0.388 e. The van der Waals surface area contributed by atoms with Gasteiger partial charge in [0.15, 0.2) is 0 Å². The number of carbonyl (C=O) groups excluding carboxylic acids is 1. The van der Waals surface area contributed by atoms with Gasteiger partial charge in [0, 0.05) is 12.5 Å². The Hall–Kier alpha value is -0.770. The van der Waals surface area contributed by atoms with Crippen LogP contribution >= 0.6 is 23.2 Å². The summed E-state index contributed by atoms with van der Waals surface area (Å²) in [4.78, 5) is 14.6. The van der Waals surface area contributed by atoms with E-state index in [9.17, 15) is 9.90 Å². The molecule has 3 unspecified atom stereocenters. The van der Waals surface area contributed by atoms with Gasteiger partial charge in [-0.25, -0.2) is 0 Å². The molecule has 1 heterocycles. The summed E-state index contributed by atoms with van der Waals surface area (Å²) in [5, 5.41) is 11.3. The third kappa shape index (κ3) is 2.99. The van der Waals surface area contributed by atoms with E-state index >= 15 is 0 Å². The zero-order valence-electron chi connectivity index (χ0n) is 12.9. The van der Waals surface area contributed by atoms with E-state index < -0.39 is 5.60 Å². The van der Waals surface area contributed by atoms with Gasteiger partial charge in [-0.05, 0) is 56.7 Å². The normalized spacial score (nSPS) is 28.0. The fourth-order valence-electron chi connectivity index (χ4n) is 3.56. The summed E-state index contributed by atoms with van der Waals surface area (Å²) in [6, 6.07) is 5.52. The molecule has 3 atom stereocenters. The molecular formula is C17H21Cl2NO2. The van der Waals surface area contributed by atoms with Crippen LogP contribution in [0.15, 0.2) is 18.2 Å². The van der Waals surface area contributed by atoms with Crippen LogP contribution in [-0.2, 0) is 4.79 Å². The number of hydrogen-bond acceptors (Lipinski definition) is 2. The lowest BCUT2D eigenvalue weighted by Gasteiger charge is -2.34. The van der Waals surface area contributed by atoms with Gasteiger partial charge in [0.2, 0.25) is 5.91 Å². The largest absolute Gasteiger partial charge is 0.388 e. The van der Waals surface area contributed by atoms with Crippen LogP contribution in [0.1, 0.15) is 44.6 Å². The van der Waals surface area contributed by atoms with Gasteiger partial charge in [-0.3, -0.25) is 4.79 Å². The van der Waals surface area contributed by atoms with Crippen LogP contribution in [0.5, 0.6) is 0 Å². The number of rotatable bonds is 3. The van der Waals surface area contributed by atoms with Crippen molar-refractivity contribution >= 4 is 29.1 Å². The Morgan fingerprint density at radius 1 is 1.32 bits per heavy atom. The van der Waals surface area contributed by atoms with Crippen LogP contribution in [0, 0.1) is 5.92 Å². The van der Waals surface area contributed by atoms with Gasteiger partial charge < -0.3 is 10.0 Å². The number of aliphatic hydroxyl groups is 1. The molecule has 0 bridgehead atoms. The highest BCUT2D eigenvalue weighted by Gasteiger charge is 2.49. The Kier molecular flexibility index (Phi) is 4.17. The molecule has 0 radical (unpaired) electrons. The Morgan fingerprint density at radius 2 is 2.05 bits per heavy atom. The lowest BCUT2D eigenvalue weighted by molar-refractivity contribution is -0.138. The number of hydrogen-bond donors (Lipinski definition) is 1. The first kappa shape index (κ1) is 16.1. The van der Waals surface area contributed by atoms with Crippen molar-refractivity contribution in [2.45, 2.75) is 50.7 Å². The first-order valence-electron chi connectivity index (χ1n) is 7.77. The number of benzene rings is 1. The van der Waals surface area contributed by atoms with Gasteiger partial charge in [0.25, 0.3) is 0 Å². The maximum absolute atomic E-state index is 12.8. The number of likely N-dealkylation sites (tertiary alicyclic amines) is 1. The molecule has 1 aliphatic carbocycles. The molecule has 3 nitrogen and oxygen atoms in total. The van der Waals surface area contributed by atoms with Gasteiger partial charge in [-0.1, -0.05) is 29.3 Å². The number of halogens is 2. The smallest absolute Gasteiger partial charge is 0.226 e. The minimum atomic E-state index is -0.847. The SMILES string of the molecule is CC(C)(O)C1CCCN1C(=O)C1CC1c1ccc(Cl)c(Cl)c1. The summed E-state index contributed by atoms with van der Waals surface area (Å²) < 4.78 is 0. The second-order valence-corrected chi connectivity index (χ2v) is 7.78. The van der Waals surface area contributed by atoms with Crippen molar-refractivity contribution in [3.63, 3.8) is 0 Å². The van der Waals surface area contributed by atoms with Crippen LogP contribution in [0.25, 0.3) is 0 Å². The topological polar surface area (TPSA) is 40.5 Å². The van der Waals surface area contributed by atoms with Crippen LogP contribution in [0.4, 0.5) is 0 Å². The van der Waals surface area contributed by atoms with Gasteiger partial charge in [-0.2, -0.15) is 0 Å². The van der Waals surface area contributed by atoms with E-state index in [0.29, 0.717) is 10.0 Å². The van der Waals surface area contributed by atoms with E-state index in [1.165, 1.54) is 0 Å². The Balaban J connectivity index is 1.71. The van der Waals surface area contributed by atoms with E-state index in [-0.39, 0.29) is 23.8 Å². The summed E-state index contributed by atoms with van der Waals surface area (Å²) >= 11 is 12.0. The highest BCUT2D eigenvalue weighted by Crippen LogP contribution is 2.50. The number of carbonyl (C=O) groups is 1. The van der Waals surface area contributed by atoms with Crippen molar-refractivity contribution in [2.24, 2.45) is 5.92 Å². The Bertz CT molecular complexity index is 597. The molecule has 1 saturated carbocycles. The predicted molar refractivity (Wildman–Crippen MR) is 88.3 cm³/mol. The molecule has 1 amide bonds. The molecule has 22 heavy (non-hydrogen) atoms. The third-order valence-electron chi connectivity index (χ3n) is 4.83. The molecule has 1 aromatic rings. The van der Waals surface area contributed by atoms with Crippen LogP contribution in [0.2, 0.25) is 10.0 Å². The number of amides is 1. The zero-order chi connectivity index (χ0) is 16.1. The van der Waals surface area contributed by atoms with Gasteiger partial charge >= 0.3 is 0 Å². The minimum absolute atomic E-state index is 0.0141. The van der Waals surface area contributed by atoms with E-state index in [1.54, 1.807) is 19.9 Å². The van der Waals surface area contributed by atoms with Crippen LogP contribution in [-0.4, -0.2) is 34.1 Å². The van der Waals surface area contributed by atoms with Crippen molar-refractivity contribution in [1.29, 1.82) is 0 Å². The van der Waals surface area contributed by atoms with Crippen molar-refractivity contribution in [3.05, 3.63) is 33.8 Å². The van der Waals surface area contributed by atoms with Crippen LogP contribution < -0.4 is 0 Å². The van der Waals surface area contributed by atoms with Gasteiger partial charge in [0.1, 0.15) is 0 Å². The highest BCUT2D eigenvalue weighted by atomic mass is 35.5. The predicted octanol–water partition coefficient (Wildman–Crippen LogP) is 3.86. The molecular weight excluding hydrogens is 321 g/mol. The third-order valence-corrected chi connectivity index (χ3v) is 5.57. The molecule has 0 aromatic heterocycles. The summed E-state index contributed by atoms with van der Waals surface area (Å²) in [7, 11) is 0. The van der Waals surface area contributed by atoms with E-state index in [1.807, 2.05) is 17.0 Å². The van der Waals surface area contributed by atoms with E-state index in [0.717, 1.165) is 31.4 Å². The first-order chi connectivity index (χ1) is 10.3. The number of nitrogens with zero attached hydrogens (tertiary/aromatic N) is 1. The average molecular weight is 342 g/mol. The maximum atomic E-state index is 12.8. The fraction of sp³-hybridized carbons (Fsp3) is 0.588. The molecule has 1 N–H and O–H groups in total. The monoisotopic (exact) mass is 341 g/mol. The molecule has 2 aliphatic rings. The molecule has 1 saturated heterocycles. The summed E-state index contributed by atoms with van der Waals surface area (Å²) in [6.07, 6.45) is 2.69. The molecule has 3 rings (SSSR count). The van der Waals surface area contributed by atoms with Crippen LogP contribution in [0.3, 0.4) is 0 Å². The van der Waals surface area contributed by atoms with E-state index in [2.05, 4.69) is 0 Å².